The Labute approximate surface area is 343 Å². The second-order valence-corrected chi connectivity index (χ2v) is 16.3. The van der Waals surface area contributed by atoms with Gasteiger partial charge < -0.3 is 10.1 Å². The highest BCUT2D eigenvalue weighted by Gasteiger charge is 2.41. The van der Waals surface area contributed by atoms with Crippen LogP contribution in [0.3, 0.4) is 0 Å². The fourth-order valence-corrected chi connectivity index (χ4v) is 8.38. The molecule has 0 bridgehead atoms. The molecule has 2 atom stereocenters. The maximum atomic E-state index is 14.2. The molecule has 1 heterocycles. The number of nitrogens with one attached hydrogen (secondary N) is 2. The monoisotopic (exact) mass is 826 g/mol. The molecule has 2 amide bonds. The number of hydrogen-bond donors (Lipinski definition) is 2. The number of benzene rings is 4. The van der Waals surface area contributed by atoms with Gasteiger partial charge in [-0.1, -0.05) is 134 Å². The molecule has 286 valence electrons. The van der Waals surface area contributed by atoms with Gasteiger partial charge in [0.05, 0.1) is 26.4 Å². The number of para-hydroxylation sites is 1. The van der Waals surface area contributed by atoms with Crippen molar-refractivity contribution in [3.8, 4) is 5.75 Å². The van der Waals surface area contributed by atoms with E-state index in [0.717, 1.165) is 29.5 Å². The minimum atomic E-state index is -0.887. The number of ether oxygens (including phenoxy) is 1. The molecule has 1 aliphatic rings. The molecule has 54 heavy (non-hydrogen) atoms. The first kappa shape index (κ1) is 41.8. The number of nitrogens with zero attached hydrogens (tertiary/aromatic N) is 2. The largest absolute Gasteiger partial charge is 0.481 e. The highest BCUT2D eigenvalue weighted by Crippen LogP contribution is 2.41. The zero-order chi connectivity index (χ0) is 38.8. The molecule has 1 aliphatic heterocycles. The minimum absolute atomic E-state index is 0.183. The van der Waals surface area contributed by atoms with E-state index in [1.807, 2.05) is 49.4 Å². The first-order valence-electron chi connectivity index (χ1n) is 18.4. The van der Waals surface area contributed by atoms with Crippen LogP contribution in [0, 0.1) is 13.8 Å². The fraction of sp³-hybridized carbons (Fsp3) is 0.357. The number of carbonyl (C=O) groups excluding carboxylic acids is 2. The Morgan fingerprint density at radius 2 is 1.52 bits per heavy atom. The summed E-state index contributed by atoms with van der Waals surface area (Å²) >= 11 is 27.0. The average Bonchev–Trinajstić information content (AvgIpc) is 3.42. The van der Waals surface area contributed by atoms with Crippen LogP contribution in [-0.2, 0) is 16.0 Å². The standard InChI is InChI=1S/C42H46Cl4N4O3S/c1-5-6-7-8-9-10-11-12-15-29-22-26(2)19-21-36(29)53-28(4)41(51)48-34-16-13-14-17-37(34)54-39-40(47-35-23-27(3)18-20-31(35)44)49-50(42(39)52)38-32(45)24-30(43)25-33(38)46/h13-14,16-25,28,39H,5-12,15H2,1-4H3,(H,47,49)(H,48,51). The van der Waals surface area contributed by atoms with Crippen LogP contribution in [0.1, 0.15) is 81.9 Å². The van der Waals surface area contributed by atoms with E-state index in [1.54, 1.807) is 19.1 Å². The molecule has 12 heteroatoms. The van der Waals surface area contributed by atoms with Crippen molar-refractivity contribution in [1.29, 1.82) is 0 Å². The summed E-state index contributed by atoms with van der Waals surface area (Å²) in [4.78, 5) is 33.3. The molecule has 4 aromatic carbocycles. The van der Waals surface area contributed by atoms with Crippen LogP contribution in [0.25, 0.3) is 0 Å². The van der Waals surface area contributed by atoms with Crippen LogP contribution in [-0.4, -0.2) is 29.0 Å². The van der Waals surface area contributed by atoms with Crippen molar-refractivity contribution in [3.05, 3.63) is 110 Å². The van der Waals surface area contributed by atoms with E-state index in [9.17, 15) is 9.59 Å². The van der Waals surface area contributed by atoms with Crippen molar-refractivity contribution in [2.24, 2.45) is 4.99 Å². The number of aliphatic imine (C=N–C) groups is 1. The highest BCUT2D eigenvalue weighted by molar-refractivity contribution is 8.01. The van der Waals surface area contributed by atoms with Crippen molar-refractivity contribution in [1.82, 2.24) is 5.43 Å². The smallest absolute Gasteiger partial charge is 0.267 e. The predicted octanol–water partition coefficient (Wildman–Crippen LogP) is 12.7. The van der Waals surface area contributed by atoms with Crippen LogP contribution < -0.4 is 20.5 Å². The number of amides is 2. The number of rotatable bonds is 17. The van der Waals surface area contributed by atoms with Gasteiger partial charge in [0.1, 0.15) is 22.5 Å². The van der Waals surface area contributed by atoms with Crippen LogP contribution in [0.4, 0.5) is 17.1 Å². The third-order valence-electron chi connectivity index (χ3n) is 9.05. The fourth-order valence-electron chi connectivity index (χ4n) is 6.15. The van der Waals surface area contributed by atoms with Crippen molar-refractivity contribution < 1.29 is 14.3 Å². The predicted molar refractivity (Wildman–Crippen MR) is 228 cm³/mol. The zero-order valence-corrected chi connectivity index (χ0v) is 34.8. The molecule has 0 radical (unpaired) electrons. The molecule has 7 nitrogen and oxygen atoms in total. The van der Waals surface area contributed by atoms with Crippen molar-refractivity contribution in [3.63, 3.8) is 0 Å². The second kappa shape index (κ2) is 20.0. The minimum Gasteiger partial charge on any atom is -0.481 e. The van der Waals surface area contributed by atoms with Crippen molar-refractivity contribution in [2.45, 2.75) is 102 Å². The van der Waals surface area contributed by atoms with Gasteiger partial charge in [0, 0.05) is 9.92 Å². The maximum absolute atomic E-state index is 14.2. The van der Waals surface area contributed by atoms with Gasteiger partial charge in [-0.15, -0.1) is 11.8 Å². The molecule has 4 aromatic rings. The third kappa shape index (κ3) is 11.1. The summed E-state index contributed by atoms with van der Waals surface area (Å²) in [6.45, 7) is 7.98. The Hall–Kier alpha value is -3.40. The molecule has 1 fully saturated rings. The zero-order valence-electron chi connectivity index (χ0n) is 31.0. The normalized spacial score (nSPS) is 15.4. The topological polar surface area (TPSA) is 83.0 Å². The van der Waals surface area contributed by atoms with E-state index in [2.05, 4.69) is 30.7 Å². The maximum Gasteiger partial charge on any atom is 0.267 e. The summed E-state index contributed by atoms with van der Waals surface area (Å²) in [6, 6.07) is 21.9. The number of thioether (sulfide) groups is 1. The number of anilines is 2. The van der Waals surface area contributed by atoms with E-state index in [1.165, 1.54) is 73.8 Å². The summed E-state index contributed by atoms with van der Waals surface area (Å²) in [5.41, 5.74) is 7.56. The SMILES string of the molecule is CCCCCCCCCCc1cc(C)ccc1OC(C)C(=O)Nc1ccccc1SC1C(=O)N(c2c(Cl)cc(Cl)cc2Cl)NC1=Nc1cc(C)ccc1Cl. The molecular formula is C42H46Cl4N4O3S. The molecule has 5 rings (SSSR count). The average molecular weight is 829 g/mol. The number of carbonyl (C=O) groups is 2. The lowest BCUT2D eigenvalue weighted by Crippen LogP contribution is -2.36. The Morgan fingerprint density at radius 3 is 2.24 bits per heavy atom. The molecule has 2 N–H and O–H groups in total. The Balaban J connectivity index is 1.32. The lowest BCUT2D eigenvalue weighted by Gasteiger charge is -2.20. The van der Waals surface area contributed by atoms with Crippen molar-refractivity contribution in [2.75, 3.05) is 10.3 Å². The quantitative estimate of drug-likeness (QED) is 0.104. The second-order valence-electron chi connectivity index (χ2n) is 13.5. The number of amidine groups is 1. The van der Waals surface area contributed by atoms with E-state index in [-0.39, 0.29) is 27.5 Å². The summed E-state index contributed by atoms with van der Waals surface area (Å²) < 4.78 is 6.29. The molecule has 1 saturated heterocycles. The molecule has 0 aromatic heterocycles. The Bertz CT molecular complexity index is 1970. The van der Waals surface area contributed by atoms with E-state index in [4.69, 9.17) is 56.1 Å². The van der Waals surface area contributed by atoms with E-state index < -0.39 is 11.4 Å². The van der Waals surface area contributed by atoms with Crippen molar-refractivity contribution >= 4 is 92.9 Å². The summed E-state index contributed by atoms with van der Waals surface area (Å²) in [5, 5.41) is 4.53. The molecule has 0 saturated carbocycles. The van der Waals surface area contributed by atoms with Crippen LogP contribution in [0.15, 0.2) is 82.7 Å². The van der Waals surface area contributed by atoms with Crippen LogP contribution >= 0.6 is 58.2 Å². The van der Waals surface area contributed by atoms with E-state index in [0.29, 0.717) is 37.9 Å². The van der Waals surface area contributed by atoms with Gasteiger partial charge in [0.25, 0.3) is 11.8 Å². The van der Waals surface area contributed by atoms with Gasteiger partial charge in [0.2, 0.25) is 0 Å². The number of halogens is 4. The highest BCUT2D eigenvalue weighted by atomic mass is 35.5. The van der Waals surface area contributed by atoms with Gasteiger partial charge in [-0.25, -0.2) is 10.0 Å². The lowest BCUT2D eigenvalue weighted by molar-refractivity contribution is -0.122. The molecule has 2 unspecified atom stereocenters. The Kier molecular flexibility index (Phi) is 15.4. The number of unbranched alkanes of at least 4 members (excludes halogenated alkanes) is 7. The summed E-state index contributed by atoms with van der Waals surface area (Å²) in [6.07, 6.45) is 10.1. The van der Waals surface area contributed by atoms with Crippen LogP contribution in [0.5, 0.6) is 5.75 Å². The molecule has 0 spiro atoms. The first-order valence-corrected chi connectivity index (χ1v) is 20.8. The summed E-state index contributed by atoms with van der Waals surface area (Å²) in [7, 11) is 0. The number of aryl methyl sites for hydroxylation is 3. The Morgan fingerprint density at radius 1 is 0.870 bits per heavy atom. The molecule has 0 aliphatic carbocycles. The van der Waals surface area contributed by atoms with Gasteiger partial charge in [-0.2, -0.15) is 0 Å². The van der Waals surface area contributed by atoms with Gasteiger partial charge >= 0.3 is 0 Å². The third-order valence-corrected chi connectivity index (χ3v) is 11.4. The molecular weight excluding hydrogens is 782 g/mol. The first-order chi connectivity index (χ1) is 25.9. The van der Waals surface area contributed by atoms with Gasteiger partial charge in [-0.05, 0) is 87.2 Å². The van der Waals surface area contributed by atoms with Crippen LogP contribution in [0.2, 0.25) is 20.1 Å². The number of hydrogen-bond acceptors (Lipinski definition) is 5. The number of hydrazine groups is 1. The van der Waals surface area contributed by atoms with Gasteiger partial charge in [-0.3, -0.25) is 15.0 Å². The van der Waals surface area contributed by atoms with Gasteiger partial charge in [0.15, 0.2) is 6.10 Å². The lowest BCUT2D eigenvalue weighted by atomic mass is 10.0. The van der Waals surface area contributed by atoms with E-state index >= 15 is 0 Å². The summed E-state index contributed by atoms with van der Waals surface area (Å²) in [5.74, 6) is 0.321.